The minimum atomic E-state index is -3.84. The average Bonchev–Trinajstić information content (AvgIpc) is 3.09. The lowest BCUT2D eigenvalue weighted by molar-refractivity contribution is -0.123. The normalized spacial score (nSPS) is 15.2. The zero-order chi connectivity index (χ0) is 19.6. The van der Waals surface area contributed by atoms with Gasteiger partial charge in [0.2, 0.25) is 22.7 Å². The van der Waals surface area contributed by atoms with Crippen molar-refractivity contribution in [3.63, 3.8) is 0 Å². The van der Waals surface area contributed by atoms with Gasteiger partial charge in [0.05, 0.1) is 17.0 Å². The monoisotopic (exact) mass is 410 g/mol. The second-order valence-electron chi connectivity index (χ2n) is 6.14. The maximum atomic E-state index is 12.4. The van der Waals surface area contributed by atoms with E-state index in [1.165, 1.54) is 31.2 Å². The van der Waals surface area contributed by atoms with Crippen molar-refractivity contribution < 1.29 is 22.7 Å². The number of fused-ring (bicyclic) bond motifs is 1. The summed E-state index contributed by atoms with van der Waals surface area (Å²) in [6.45, 7) is 3.45. The summed E-state index contributed by atoms with van der Waals surface area (Å²) in [7, 11) is -3.84. The average molecular weight is 411 g/mol. The van der Waals surface area contributed by atoms with Crippen molar-refractivity contribution in [2.75, 3.05) is 6.79 Å². The van der Waals surface area contributed by atoms with Crippen molar-refractivity contribution in [1.29, 1.82) is 0 Å². The van der Waals surface area contributed by atoms with E-state index in [-0.39, 0.29) is 17.7 Å². The molecule has 2 N–H and O–H groups in total. The maximum absolute atomic E-state index is 12.4. The summed E-state index contributed by atoms with van der Waals surface area (Å²) in [5.41, 5.74) is 0.820. The number of ether oxygens (including phenoxy) is 2. The van der Waals surface area contributed by atoms with E-state index in [1.807, 2.05) is 6.07 Å². The Bertz CT molecular complexity index is 947. The number of amides is 1. The molecule has 3 rings (SSSR count). The lowest BCUT2D eigenvalue weighted by Crippen LogP contribution is -2.45. The molecule has 1 aliphatic heterocycles. The predicted octanol–water partition coefficient (Wildman–Crippen LogP) is 2.61. The van der Waals surface area contributed by atoms with Crippen LogP contribution in [0.5, 0.6) is 11.5 Å². The van der Waals surface area contributed by atoms with E-state index in [4.69, 9.17) is 21.1 Å². The third-order valence-corrected chi connectivity index (χ3v) is 5.91. The molecule has 2 aromatic rings. The topological polar surface area (TPSA) is 93.7 Å². The van der Waals surface area contributed by atoms with Crippen molar-refractivity contribution >= 4 is 27.5 Å². The lowest BCUT2D eigenvalue weighted by atomic mass is 10.1. The smallest absolute Gasteiger partial charge is 0.241 e. The fourth-order valence-corrected chi connectivity index (χ4v) is 3.90. The van der Waals surface area contributed by atoms with Gasteiger partial charge in [-0.15, -0.1) is 0 Å². The highest BCUT2D eigenvalue weighted by Crippen LogP contribution is 2.34. The van der Waals surface area contributed by atoms with Crippen LogP contribution in [0.25, 0.3) is 0 Å². The first-order chi connectivity index (χ1) is 12.8. The Morgan fingerprint density at radius 1 is 1.07 bits per heavy atom. The van der Waals surface area contributed by atoms with E-state index >= 15 is 0 Å². The van der Waals surface area contributed by atoms with Crippen LogP contribution in [-0.4, -0.2) is 27.2 Å². The summed E-state index contributed by atoms with van der Waals surface area (Å²) >= 11 is 5.77. The summed E-state index contributed by atoms with van der Waals surface area (Å²) in [4.78, 5) is 12.4. The maximum Gasteiger partial charge on any atom is 0.241 e. The Morgan fingerprint density at radius 3 is 2.44 bits per heavy atom. The van der Waals surface area contributed by atoms with Crippen LogP contribution in [0.3, 0.4) is 0 Å². The lowest BCUT2D eigenvalue weighted by Gasteiger charge is -2.19. The molecule has 0 fully saturated rings. The first kappa shape index (κ1) is 19.5. The molecule has 7 nitrogen and oxygen atoms in total. The van der Waals surface area contributed by atoms with Gasteiger partial charge in [0.1, 0.15) is 0 Å². The van der Waals surface area contributed by atoms with Crippen molar-refractivity contribution in [3.05, 3.63) is 53.1 Å². The number of hydrogen-bond acceptors (Lipinski definition) is 5. The molecule has 9 heteroatoms. The van der Waals surface area contributed by atoms with Gasteiger partial charge in [-0.25, -0.2) is 8.42 Å². The fourth-order valence-electron chi connectivity index (χ4n) is 2.57. The molecule has 27 heavy (non-hydrogen) atoms. The molecule has 1 heterocycles. The van der Waals surface area contributed by atoms with Gasteiger partial charge in [-0.2, -0.15) is 4.72 Å². The minimum absolute atomic E-state index is 0.0374. The number of halogens is 1. The van der Waals surface area contributed by atoms with Gasteiger partial charge >= 0.3 is 0 Å². The number of carbonyl (C=O) groups is 1. The Balaban J connectivity index is 1.64. The molecule has 0 spiro atoms. The molecule has 0 saturated heterocycles. The third-order valence-electron chi connectivity index (χ3n) is 4.10. The second kappa shape index (κ2) is 7.75. The third kappa shape index (κ3) is 4.52. The van der Waals surface area contributed by atoms with Gasteiger partial charge in [0, 0.05) is 5.02 Å². The summed E-state index contributed by atoms with van der Waals surface area (Å²) in [5, 5.41) is 3.21. The number of hydrogen-bond donors (Lipinski definition) is 2. The van der Waals surface area contributed by atoms with Gasteiger partial charge in [0.25, 0.3) is 0 Å². The first-order valence-corrected chi connectivity index (χ1v) is 10.1. The van der Waals surface area contributed by atoms with Crippen molar-refractivity contribution in [1.82, 2.24) is 10.0 Å². The fraction of sp³-hybridized carbons (Fsp3) is 0.278. The summed E-state index contributed by atoms with van der Waals surface area (Å²) in [6, 6.07) is 9.79. The van der Waals surface area contributed by atoms with Gasteiger partial charge in [-0.1, -0.05) is 17.7 Å². The summed E-state index contributed by atoms with van der Waals surface area (Å²) < 4.78 is 37.7. The number of nitrogens with one attached hydrogen (secondary N) is 2. The quantitative estimate of drug-likeness (QED) is 0.763. The van der Waals surface area contributed by atoms with Crippen molar-refractivity contribution in [2.45, 2.75) is 30.8 Å². The predicted molar refractivity (Wildman–Crippen MR) is 100 cm³/mol. The summed E-state index contributed by atoms with van der Waals surface area (Å²) in [6.07, 6.45) is 0. The molecule has 2 aromatic carbocycles. The molecular weight excluding hydrogens is 392 g/mol. The van der Waals surface area contributed by atoms with E-state index in [2.05, 4.69) is 10.0 Å². The molecule has 0 radical (unpaired) electrons. The standard InChI is InChI=1S/C18H19ClN2O5S/c1-11(13-3-8-16-17(9-13)26-10-25-16)20-18(22)12(2)21-27(23,24)15-6-4-14(19)5-7-15/h3-9,11-12,21H,10H2,1-2H3,(H,20,22)/t11-,12+/m0/s1. The Labute approximate surface area is 162 Å². The van der Waals surface area contributed by atoms with E-state index in [0.717, 1.165) is 5.56 Å². The van der Waals surface area contributed by atoms with Crippen LogP contribution >= 0.6 is 11.6 Å². The van der Waals surface area contributed by atoms with Gasteiger partial charge in [0.15, 0.2) is 11.5 Å². The van der Waals surface area contributed by atoms with E-state index in [9.17, 15) is 13.2 Å². The van der Waals surface area contributed by atoms with Crippen LogP contribution in [0.15, 0.2) is 47.4 Å². The number of benzene rings is 2. The Morgan fingerprint density at radius 2 is 1.74 bits per heavy atom. The van der Waals surface area contributed by atoms with E-state index < -0.39 is 22.0 Å². The molecule has 2 atom stereocenters. The van der Waals surface area contributed by atoms with Crippen LogP contribution in [0.4, 0.5) is 0 Å². The van der Waals surface area contributed by atoms with E-state index in [0.29, 0.717) is 16.5 Å². The number of carbonyl (C=O) groups excluding carboxylic acids is 1. The molecule has 0 aromatic heterocycles. The Kier molecular flexibility index (Phi) is 5.59. The molecule has 0 bridgehead atoms. The highest BCUT2D eigenvalue weighted by Gasteiger charge is 2.24. The second-order valence-corrected chi connectivity index (χ2v) is 8.29. The van der Waals surface area contributed by atoms with Gasteiger partial charge < -0.3 is 14.8 Å². The van der Waals surface area contributed by atoms with Crippen molar-refractivity contribution in [2.24, 2.45) is 0 Å². The van der Waals surface area contributed by atoms with Crippen LogP contribution in [0, 0.1) is 0 Å². The van der Waals surface area contributed by atoms with Gasteiger partial charge in [-0.3, -0.25) is 4.79 Å². The van der Waals surface area contributed by atoms with Crippen LogP contribution < -0.4 is 19.5 Å². The van der Waals surface area contributed by atoms with Crippen LogP contribution in [0.2, 0.25) is 5.02 Å². The molecule has 0 unspecified atom stereocenters. The first-order valence-electron chi connectivity index (χ1n) is 8.24. The van der Waals surface area contributed by atoms with Gasteiger partial charge in [-0.05, 0) is 55.8 Å². The zero-order valence-electron chi connectivity index (χ0n) is 14.7. The SMILES string of the molecule is C[C@H](NC(=O)[C@@H](C)NS(=O)(=O)c1ccc(Cl)cc1)c1ccc2c(c1)OCO2. The molecule has 1 amide bonds. The molecule has 0 aliphatic carbocycles. The largest absolute Gasteiger partial charge is 0.454 e. The molecular formula is C18H19ClN2O5S. The Hall–Kier alpha value is -2.29. The van der Waals surface area contributed by atoms with Crippen molar-refractivity contribution in [3.8, 4) is 11.5 Å². The van der Waals surface area contributed by atoms with E-state index in [1.54, 1.807) is 19.1 Å². The minimum Gasteiger partial charge on any atom is -0.454 e. The number of sulfonamides is 1. The summed E-state index contributed by atoms with van der Waals surface area (Å²) in [5.74, 6) is 0.823. The molecule has 144 valence electrons. The highest BCUT2D eigenvalue weighted by atomic mass is 35.5. The molecule has 0 saturated carbocycles. The zero-order valence-corrected chi connectivity index (χ0v) is 16.3. The van der Waals surface area contributed by atoms with Crippen LogP contribution in [-0.2, 0) is 14.8 Å². The molecule has 1 aliphatic rings. The highest BCUT2D eigenvalue weighted by molar-refractivity contribution is 7.89. The van der Waals surface area contributed by atoms with Crippen LogP contribution in [0.1, 0.15) is 25.5 Å². The number of rotatable bonds is 6.